The number of amides is 1. The summed E-state index contributed by atoms with van der Waals surface area (Å²) >= 11 is 0. The highest BCUT2D eigenvalue weighted by Crippen LogP contribution is 2.37. The number of imidazole rings is 1. The van der Waals surface area contributed by atoms with Crippen molar-refractivity contribution in [2.75, 3.05) is 20.8 Å². The maximum atomic E-state index is 11.7. The Morgan fingerprint density at radius 1 is 1.03 bits per heavy atom. The van der Waals surface area contributed by atoms with Gasteiger partial charge in [-0.3, -0.25) is 9.36 Å². The minimum atomic E-state index is -0.702. The Kier molecular flexibility index (Phi) is 5.35. The maximum absolute atomic E-state index is 11.7. The summed E-state index contributed by atoms with van der Waals surface area (Å²) in [6, 6.07) is 10.7. The van der Waals surface area contributed by atoms with E-state index in [1.165, 1.54) is 6.20 Å². The van der Waals surface area contributed by atoms with Crippen LogP contribution in [-0.4, -0.2) is 51.2 Å². The number of aromatic nitrogens is 5. The second-order valence-corrected chi connectivity index (χ2v) is 6.34. The molecule has 0 radical (unpaired) electrons. The summed E-state index contributed by atoms with van der Waals surface area (Å²) < 4.78 is 18.4. The van der Waals surface area contributed by atoms with E-state index in [1.54, 1.807) is 49.1 Å². The molecule has 0 bridgehead atoms. The second kappa shape index (κ2) is 8.27. The number of methoxy groups -OCH3 is 2. The molecule has 1 aromatic carbocycles. The minimum absolute atomic E-state index is 0.00471. The van der Waals surface area contributed by atoms with Gasteiger partial charge in [0.05, 0.1) is 27.0 Å². The number of hydrogen-bond donors (Lipinski definition) is 1. The molecule has 0 saturated heterocycles. The van der Waals surface area contributed by atoms with E-state index in [4.69, 9.17) is 19.9 Å². The lowest BCUT2D eigenvalue weighted by atomic mass is 10.2. The lowest BCUT2D eigenvalue weighted by molar-refractivity contribution is 0.0995. The lowest BCUT2D eigenvalue weighted by Gasteiger charge is -2.16. The van der Waals surface area contributed by atoms with Crippen LogP contribution in [0.1, 0.15) is 17.4 Å². The van der Waals surface area contributed by atoms with Gasteiger partial charge in [0.25, 0.3) is 5.91 Å². The third kappa shape index (κ3) is 3.59. The van der Waals surface area contributed by atoms with E-state index >= 15 is 0 Å². The largest absolute Gasteiger partial charge is 0.494 e. The molecule has 10 heteroatoms. The molecule has 0 spiro atoms. The number of pyridine rings is 1. The van der Waals surface area contributed by atoms with Crippen molar-refractivity contribution in [3.05, 3.63) is 48.3 Å². The number of primary amides is 1. The van der Waals surface area contributed by atoms with Crippen molar-refractivity contribution in [1.29, 1.82) is 0 Å². The zero-order valence-corrected chi connectivity index (χ0v) is 17.2. The fourth-order valence-electron chi connectivity index (χ4n) is 3.17. The lowest BCUT2D eigenvalue weighted by Crippen LogP contribution is -2.14. The SMILES string of the molecule is CCOc1cccc(-c2nc3ncc(C(N)=O)nc3n2-c2c(OC)cccc2OC)n1. The first-order valence-corrected chi connectivity index (χ1v) is 9.44. The molecule has 0 aliphatic carbocycles. The van der Waals surface area contributed by atoms with Gasteiger partial charge in [0.1, 0.15) is 28.6 Å². The molecule has 3 aromatic heterocycles. The number of para-hydroxylation sites is 1. The summed E-state index contributed by atoms with van der Waals surface area (Å²) in [5, 5.41) is 0. The molecule has 1 amide bonds. The van der Waals surface area contributed by atoms with Crippen molar-refractivity contribution in [2.24, 2.45) is 5.73 Å². The molecule has 31 heavy (non-hydrogen) atoms. The number of fused-ring (bicyclic) bond motifs is 1. The number of nitrogens with zero attached hydrogens (tertiary/aromatic N) is 5. The summed E-state index contributed by atoms with van der Waals surface area (Å²) in [5.41, 5.74) is 7.08. The summed E-state index contributed by atoms with van der Waals surface area (Å²) in [6.45, 7) is 2.35. The molecule has 0 unspecified atom stereocenters. The Labute approximate surface area is 177 Å². The summed E-state index contributed by atoms with van der Waals surface area (Å²) in [7, 11) is 3.09. The number of rotatable bonds is 7. The van der Waals surface area contributed by atoms with Gasteiger partial charge >= 0.3 is 0 Å². The Balaban J connectivity index is 2.09. The van der Waals surface area contributed by atoms with E-state index in [2.05, 4.69) is 19.9 Å². The van der Waals surface area contributed by atoms with Gasteiger partial charge in [-0.2, -0.15) is 0 Å². The Hall–Kier alpha value is -4.21. The van der Waals surface area contributed by atoms with Crippen LogP contribution in [0.3, 0.4) is 0 Å². The van der Waals surface area contributed by atoms with Gasteiger partial charge in [-0.05, 0) is 25.1 Å². The standard InChI is InChI=1S/C21H20N6O4/c1-4-31-16-10-5-7-12(24-16)20-26-19-21(25-13(11-23-19)18(22)28)27(20)17-14(29-2)8-6-9-15(17)30-3/h5-11H,4H2,1-3H3,(H2,22,28). The third-order valence-corrected chi connectivity index (χ3v) is 4.49. The highest BCUT2D eigenvalue weighted by molar-refractivity contribution is 5.92. The van der Waals surface area contributed by atoms with Crippen molar-refractivity contribution in [1.82, 2.24) is 24.5 Å². The zero-order chi connectivity index (χ0) is 22.0. The summed E-state index contributed by atoms with van der Waals surface area (Å²) in [4.78, 5) is 29.6. The van der Waals surface area contributed by atoms with Crippen LogP contribution in [-0.2, 0) is 0 Å². The fraction of sp³-hybridized carbons (Fsp3) is 0.190. The van der Waals surface area contributed by atoms with E-state index in [-0.39, 0.29) is 5.69 Å². The van der Waals surface area contributed by atoms with Crippen molar-refractivity contribution in [3.63, 3.8) is 0 Å². The van der Waals surface area contributed by atoms with Gasteiger partial charge in [0.2, 0.25) is 5.88 Å². The van der Waals surface area contributed by atoms with E-state index in [0.29, 0.717) is 52.5 Å². The number of nitrogens with two attached hydrogens (primary N) is 1. The van der Waals surface area contributed by atoms with Crippen LogP contribution in [0.15, 0.2) is 42.6 Å². The highest BCUT2D eigenvalue weighted by atomic mass is 16.5. The Morgan fingerprint density at radius 3 is 2.39 bits per heavy atom. The quantitative estimate of drug-likeness (QED) is 0.483. The second-order valence-electron chi connectivity index (χ2n) is 6.34. The smallest absolute Gasteiger partial charge is 0.268 e. The molecule has 2 N–H and O–H groups in total. The molecule has 4 rings (SSSR count). The molecule has 0 saturated carbocycles. The van der Waals surface area contributed by atoms with E-state index < -0.39 is 5.91 Å². The molecule has 0 aliphatic rings. The molecule has 10 nitrogen and oxygen atoms in total. The van der Waals surface area contributed by atoms with E-state index in [9.17, 15) is 4.79 Å². The first-order chi connectivity index (χ1) is 15.1. The number of benzene rings is 1. The number of hydrogen-bond acceptors (Lipinski definition) is 8. The van der Waals surface area contributed by atoms with Crippen LogP contribution in [0, 0.1) is 0 Å². The number of carbonyl (C=O) groups is 1. The van der Waals surface area contributed by atoms with Gasteiger partial charge < -0.3 is 19.9 Å². The monoisotopic (exact) mass is 420 g/mol. The van der Waals surface area contributed by atoms with Crippen LogP contribution >= 0.6 is 0 Å². The van der Waals surface area contributed by atoms with Crippen molar-refractivity contribution < 1.29 is 19.0 Å². The van der Waals surface area contributed by atoms with Crippen molar-refractivity contribution >= 4 is 17.2 Å². The van der Waals surface area contributed by atoms with Crippen LogP contribution in [0.4, 0.5) is 0 Å². The van der Waals surface area contributed by atoms with Gasteiger partial charge in [0.15, 0.2) is 17.1 Å². The zero-order valence-electron chi connectivity index (χ0n) is 17.2. The average Bonchev–Trinajstić information content (AvgIpc) is 3.17. The predicted molar refractivity (Wildman–Crippen MR) is 113 cm³/mol. The first-order valence-electron chi connectivity index (χ1n) is 9.44. The average molecular weight is 420 g/mol. The molecule has 3 heterocycles. The van der Waals surface area contributed by atoms with Crippen LogP contribution in [0.25, 0.3) is 28.5 Å². The summed E-state index contributed by atoms with van der Waals surface area (Å²) in [5.74, 6) is 1.18. The topological polar surface area (TPSA) is 127 Å². The van der Waals surface area contributed by atoms with Gasteiger partial charge in [0, 0.05) is 6.07 Å². The fourth-order valence-corrected chi connectivity index (χ4v) is 3.17. The van der Waals surface area contributed by atoms with E-state index in [0.717, 1.165) is 0 Å². The van der Waals surface area contributed by atoms with Crippen LogP contribution < -0.4 is 19.9 Å². The predicted octanol–water partition coefficient (Wildman–Crippen LogP) is 2.39. The summed E-state index contributed by atoms with van der Waals surface area (Å²) in [6.07, 6.45) is 1.29. The minimum Gasteiger partial charge on any atom is -0.494 e. The maximum Gasteiger partial charge on any atom is 0.268 e. The third-order valence-electron chi connectivity index (χ3n) is 4.49. The van der Waals surface area contributed by atoms with Crippen LogP contribution in [0.2, 0.25) is 0 Å². The Bertz CT molecular complexity index is 1250. The molecule has 4 aromatic rings. The van der Waals surface area contributed by atoms with Crippen molar-refractivity contribution in [2.45, 2.75) is 6.92 Å². The Morgan fingerprint density at radius 2 is 1.74 bits per heavy atom. The number of carbonyl (C=O) groups excluding carboxylic acids is 1. The molecule has 0 fully saturated rings. The van der Waals surface area contributed by atoms with Crippen molar-refractivity contribution in [3.8, 4) is 34.6 Å². The first kappa shape index (κ1) is 20.1. The van der Waals surface area contributed by atoms with E-state index in [1.807, 2.05) is 13.0 Å². The number of ether oxygens (including phenoxy) is 3. The molecule has 158 valence electrons. The van der Waals surface area contributed by atoms with Gasteiger partial charge in [-0.1, -0.05) is 12.1 Å². The van der Waals surface area contributed by atoms with Crippen LogP contribution in [0.5, 0.6) is 17.4 Å². The molecular formula is C21H20N6O4. The molecule has 0 aliphatic heterocycles. The molecular weight excluding hydrogens is 400 g/mol. The van der Waals surface area contributed by atoms with Gasteiger partial charge in [-0.25, -0.2) is 19.9 Å². The molecule has 0 atom stereocenters. The highest BCUT2D eigenvalue weighted by Gasteiger charge is 2.24. The normalized spacial score (nSPS) is 10.8. The van der Waals surface area contributed by atoms with Gasteiger partial charge in [-0.15, -0.1) is 0 Å².